The lowest BCUT2D eigenvalue weighted by Crippen LogP contribution is -1.83. The predicted molar refractivity (Wildman–Crippen MR) is 62.1 cm³/mol. The number of benzene rings is 1. The lowest BCUT2D eigenvalue weighted by atomic mass is 10.2. The standard InChI is InChI=1S/C11H7FN2S2/c1-7-6-15-11(14-7)16-10-3-2-8(5-13)4-9(10)12/h2-4,6H,1H3. The molecule has 1 aromatic heterocycles. The summed E-state index contributed by atoms with van der Waals surface area (Å²) >= 11 is 2.76. The number of aromatic nitrogens is 1. The van der Waals surface area contributed by atoms with Crippen molar-refractivity contribution in [3.63, 3.8) is 0 Å². The van der Waals surface area contributed by atoms with Gasteiger partial charge in [0.25, 0.3) is 0 Å². The van der Waals surface area contributed by atoms with Crippen molar-refractivity contribution in [1.82, 2.24) is 4.98 Å². The summed E-state index contributed by atoms with van der Waals surface area (Å²) in [6, 6.07) is 6.35. The first-order valence-corrected chi connectivity index (χ1v) is 6.18. The van der Waals surface area contributed by atoms with Crippen LogP contribution in [-0.2, 0) is 0 Å². The number of nitrogens with zero attached hydrogens (tertiary/aromatic N) is 2. The van der Waals surface area contributed by atoms with Crippen LogP contribution >= 0.6 is 23.1 Å². The molecule has 16 heavy (non-hydrogen) atoms. The SMILES string of the molecule is Cc1csc(Sc2ccc(C#N)cc2F)n1. The van der Waals surface area contributed by atoms with Crippen LogP contribution in [0.5, 0.6) is 0 Å². The normalized spacial score (nSPS) is 10.1. The van der Waals surface area contributed by atoms with Gasteiger partial charge in [-0.2, -0.15) is 5.26 Å². The minimum atomic E-state index is -0.378. The number of nitriles is 1. The molecule has 2 rings (SSSR count). The summed E-state index contributed by atoms with van der Waals surface area (Å²) in [5, 5.41) is 10.5. The Balaban J connectivity index is 2.26. The number of aryl methyl sites for hydroxylation is 1. The molecule has 0 aliphatic carbocycles. The summed E-state index contributed by atoms with van der Waals surface area (Å²) in [4.78, 5) is 4.73. The van der Waals surface area contributed by atoms with Crippen molar-refractivity contribution in [2.45, 2.75) is 16.2 Å². The molecule has 0 aliphatic rings. The minimum absolute atomic E-state index is 0.331. The van der Waals surface area contributed by atoms with E-state index in [2.05, 4.69) is 4.98 Å². The van der Waals surface area contributed by atoms with Crippen molar-refractivity contribution in [2.75, 3.05) is 0 Å². The highest BCUT2D eigenvalue weighted by Gasteiger charge is 2.07. The van der Waals surface area contributed by atoms with Gasteiger partial charge in [-0.05, 0) is 25.1 Å². The van der Waals surface area contributed by atoms with Crippen molar-refractivity contribution >= 4 is 23.1 Å². The minimum Gasteiger partial charge on any atom is -0.235 e. The molecule has 0 atom stereocenters. The van der Waals surface area contributed by atoms with Crippen LogP contribution in [0, 0.1) is 24.1 Å². The van der Waals surface area contributed by atoms with Crippen molar-refractivity contribution in [3.05, 3.63) is 40.7 Å². The van der Waals surface area contributed by atoms with Crippen LogP contribution in [0.3, 0.4) is 0 Å². The molecule has 1 aromatic carbocycles. The summed E-state index contributed by atoms with van der Waals surface area (Å²) in [5.41, 5.74) is 1.26. The maximum Gasteiger partial charge on any atom is 0.154 e. The third-order valence-electron chi connectivity index (χ3n) is 1.86. The second-order valence-electron chi connectivity index (χ2n) is 3.11. The van der Waals surface area contributed by atoms with Crippen LogP contribution < -0.4 is 0 Å². The third kappa shape index (κ3) is 2.40. The van der Waals surface area contributed by atoms with Crippen LogP contribution in [-0.4, -0.2) is 4.98 Å². The molecule has 0 saturated heterocycles. The van der Waals surface area contributed by atoms with E-state index in [1.165, 1.54) is 29.2 Å². The van der Waals surface area contributed by atoms with Gasteiger partial charge in [-0.25, -0.2) is 9.37 Å². The average molecular weight is 250 g/mol. The molecule has 0 fully saturated rings. The van der Waals surface area contributed by atoms with Gasteiger partial charge >= 0.3 is 0 Å². The molecule has 0 bridgehead atoms. The summed E-state index contributed by atoms with van der Waals surface area (Å²) in [6.45, 7) is 1.90. The maximum atomic E-state index is 13.5. The molecule has 0 unspecified atom stereocenters. The lowest BCUT2D eigenvalue weighted by molar-refractivity contribution is 0.601. The number of thiazole rings is 1. The van der Waals surface area contributed by atoms with Gasteiger partial charge in [0.15, 0.2) is 4.34 Å². The van der Waals surface area contributed by atoms with E-state index in [0.717, 1.165) is 10.0 Å². The Hall–Kier alpha value is -1.38. The lowest BCUT2D eigenvalue weighted by Gasteiger charge is -1.99. The summed E-state index contributed by atoms with van der Waals surface area (Å²) in [5.74, 6) is -0.378. The highest BCUT2D eigenvalue weighted by atomic mass is 32.2. The van der Waals surface area contributed by atoms with Crippen molar-refractivity contribution in [2.24, 2.45) is 0 Å². The number of hydrogen-bond donors (Lipinski definition) is 0. The highest BCUT2D eigenvalue weighted by molar-refractivity contribution is 8.01. The predicted octanol–water partition coefficient (Wildman–Crippen LogP) is 3.61. The molecule has 0 N–H and O–H groups in total. The smallest absolute Gasteiger partial charge is 0.154 e. The van der Waals surface area contributed by atoms with Gasteiger partial charge in [0.1, 0.15) is 5.82 Å². The first kappa shape index (κ1) is 11.1. The fourth-order valence-corrected chi connectivity index (χ4v) is 2.92. The Labute approximate surface area is 101 Å². The molecule has 0 spiro atoms. The van der Waals surface area contributed by atoms with Gasteiger partial charge in [0.05, 0.1) is 16.5 Å². The third-order valence-corrected chi connectivity index (χ3v) is 3.96. The Morgan fingerprint density at radius 1 is 1.50 bits per heavy atom. The second-order valence-corrected chi connectivity index (χ2v) is 5.26. The zero-order valence-corrected chi connectivity index (χ0v) is 10.0. The molecule has 5 heteroatoms. The van der Waals surface area contributed by atoms with Crippen molar-refractivity contribution < 1.29 is 4.39 Å². The topological polar surface area (TPSA) is 36.7 Å². The van der Waals surface area contributed by atoms with Crippen molar-refractivity contribution in [1.29, 1.82) is 5.26 Å². The van der Waals surface area contributed by atoms with E-state index in [-0.39, 0.29) is 5.82 Å². The van der Waals surface area contributed by atoms with E-state index < -0.39 is 0 Å². The van der Waals surface area contributed by atoms with Crippen LogP contribution in [0.25, 0.3) is 0 Å². The molecule has 0 amide bonds. The van der Waals surface area contributed by atoms with Crippen LogP contribution in [0.4, 0.5) is 4.39 Å². The average Bonchev–Trinajstić information content (AvgIpc) is 2.67. The molecule has 2 nitrogen and oxygen atoms in total. The Kier molecular flexibility index (Phi) is 3.22. The Morgan fingerprint density at radius 3 is 2.88 bits per heavy atom. The van der Waals surface area contributed by atoms with Gasteiger partial charge in [-0.1, -0.05) is 11.8 Å². The molecular formula is C11H7FN2S2. The van der Waals surface area contributed by atoms with Gasteiger partial charge in [0.2, 0.25) is 0 Å². The molecule has 0 aliphatic heterocycles. The fourth-order valence-electron chi connectivity index (χ4n) is 1.13. The fraction of sp³-hybridized carbons (Fsp3) is 0.0909. The Morgan fingerprint density at radius 2 is 2.31 bits per heavy atom. The maximum absolute atomic E-state index is 13.5. The monoisotopic (exact) mass is 250 g/mol. The second kappa shape index (κ2) is 4.64. The molecule has 0 saturated carbocycles. The van der Waals surface area contributed by atoms with E-state index >= 15 is 0 Å². The highest BCUT2D eigenvalue weighted by Crippen LogP contribution is 2.32. The van der Waals surface area contributed by atoms with E-state index in [0.29, 0.717) is 10.5 Å². The number of halogens is 1. The number of hydrogen-bond acceptors (Lipinski definition) is 4. The van der Waals surface area contributed by atoms with Gasteiger partial charge < -0.3 is 0 Å². The first-order chi connectivity index (χ1) is 7.69. The zero-order valence-electron chi connectivity index (χ0n) is 8.40. The molecule has 1 heterocycles. The molecule has 80 valence electrons. The summed E-state index contributed by atoms with van der Waals surface area (Å²) in [6.07, 6.45) is 0. The van der Waals surface area contributed by atoms with Crippen LogP contribution in [0.15, 0.2) is 32.8 Å². The van der Waals surface area contributed by atoms with Gasteiger partial charge in [-0.3, -0.25) is 0 Å². The number of rotatable bonds is 2. The van der Waals surface area contributed by atoms with E-state index in [9.17, 15) is 4.39 Å². The van der Waals surface area contributed by atoms with Crippen LogP contribution in [0.1, 0.15) is 11.3 Å². The molecule has 0 radical (unpaired) electrons. The van der Waals surface area contributed by atoms with E-state index in [1.807, 2.05) is 18.4 Å². The summed E-state index contributed by atoms with van der Waals surface area (Å²) < 4.78 is 14.3. The van der Waals surface area contributed by atoms with Gasteiger partial charge in [-0.15, -0.1) is 11.3 Å². The van der Waals surface area contributed by atoms with E-state index in [1.54, 1.807) is 12.1 Å². The quantitative estimate of drug-likeness (QED) is 0.817. The van der Waals surface area contributed by atoms with Gasteiger partial charge in [0, 0.05) is 11.1 Å². The van der Waals surface area contributed by atoms with Crippen molar-refractivity contribution in [3.8, 4) is 6.07 Å². The van der Waals surface area contributed by atoms with E-state index in [4.69, 9.17) is 5.26 Å². The molecular weight excluding hydrogens is 243 g/mol. The summed E-state index contributed by atoms with van der Waals surface area (Å²) in [7, 11) is 0. The first-order valence-electron chi connectivity index (χ1n) is 4.48. The Bertz CT molecular complexity index is 557. The largest absolute Gasteiger partial charge is 0.235 e. The van der Waals surface area contributed by atoms with Crippen LogP contribution in [0.2, 0.25) is 0 Å². The molecule has 2 aromatic rings. The zero-order chi connectivity index (χ0) is 11.5.